The van der Waals surface area contributed by atoms with E-state index in [1.54, 1.807) is 0 Å². The van der Waals surface area contributed by atoms with Crippen molar-refractivity contribution < 1.29 is 25.2 Å². The molecule has 8 atom stereocenters. The van der Waals surface area contributed by atoms with Crippen LogP contribution in [-0.4, -0.2) is 45.7 Å². The lowest BCUT2D eigenvalue weighted by molar-refractivity contribution is -0.134. The number of aliphatic hydroxyl groups is 3. The standard InChI is InChI=1S/C24H37NO3.C2H4O2/c1-23(11-9-18(27)13-17(23)15-26)21-7-8-22-19(20(21)14-25)10-12-24(22,28)16-5-3-2-4-6-16;1-2(3)4/h2-6,17-22,26-28H,7-15,25H2,1H3;1H3,(H,3,4)/t17-,18+,19+,20+,21+,22+,23+,24-;/m1./s1. The van der Waals surface area contributed by atoms with E-state index in [0.29, 0.717) is 30.7 Å². The van der Waals surface area contributed by atoms with E-state index in [2.05, 4.69) is 19.1 Å². The number of nitrogens with two attached hydrogens (primary N) is 1. The van der Waals surface area contributed by atoms with Gasteiger partial charge in [0.2, 0.25) is 0 Å². The molecule has 180 valence electrons. The highest BCUT2D eigenvalue weighted by atomic mass is 16.4. The molecule has 3 saturated carbocycles. The summed E-state index contributed by atoms with van der Waals surface area (Å²) in [5.41, 5.74) is 6.71. The van der Waals surface area contributed by atoms with Crippen LogP contribution in [0.15, 0.2) is 30.3 Å². The molecule has 32 heavy (non-hydrogen) atoms. The van der Waals surface area contributed by atoms with Crippen molar-refractivity contribution in [3.63, 3.8) is 0 Å². The molecular weight excluding hydrogens is 406 g/mol. The number of carboxylic acid groups (broad SMARTS) is 1. The van der Waals surface area contributed by atoms with Gasteiger partial charge in [-0.1, -0.05) is 37.3 Å². The largest absolute Gasteiger partial charge is 0.481 e. The Morgan fingerprint density at radius 2 is 1.72 bits per heavy atom. The number of rotatable bonds is 4. The van der Waals surface area contributed by atoms with Gasteiger partial charge < -0.3 is 26.2 Å². The fourth-order valence-electron chi connectivity index (χ4n) is 7.38. The Hall–Kier alpha value is -1.47. The molecule has 0 unspecified atom stereocenters. The van der Waals surface area contributed by atoms with E-state index in [1.165, 1.54) is 0 Å². The molecule has 3 aliphatic rings. The zero-order valence-electron chi connectivity index (χ0n) is 19.5. The van der Waals surface area contributed by atoms with E-state index in [-0.39, 0.29) is 30.0 Å². The minimum absolute atomic E-state index is 0.0242. The Labute approximate surface area is 191 Å². The molecule has 0 heterocycles. The van der Waals surface area contributed by atoms with E-state index in [9.17, 15) is 15.3 Å². The molecule has 0 amide bonds. The van der Waals surface area contributed by atoms with E-state index in [1.807, 2.05) is 18.2 Å². The monoisotopic (exact) mass is 447 g/mol. The van der Waals surface area contributed by atoms with Crippen LogP contribution in [0.25, 0.3) is 0 Å². The SMILES string of the molecule is CC(=O)O.C[C@]1([C@H]2CC[C@H]3[C@@H](CC[C@@]3(O)c3ccccc3)[C@@H]2CN)CC[C@H](O)C[C@@H]1CO. The van der Waals surface area contributed by atoms with Crippen LogP contribution in [0.4, 0.5) is 0 Å². The summed E-state index contributed by atoms with van der Waals surface area (Å²) in [6.45, 7) is 4.20. The highest BCUT2D eigenvalue weighted by Gasteiger charge is 2.57. The average molecular weight is 448 g/mol. The summed E-state index contributed by atoms with van der Waals surface area (Å²) in [4.78, 5) is 9.00. The van der Waals surface area contributed by atoms with Crippen LogP contribution in [-0.2, 0) is 10.4 Å². The minimum atomic E-state index is -0.833. The van der Waals surface area contributed by atoms with Gasteiger partial charge in [-0.3, -0.25) is 4.79 Å². The molecule has 0 bridgehead atoms. The van der Waals surface area contributed by atoms with E-state index in [0.717, 1.165) is 51.0 Å². The van der Waals surface area contributed by atoms with Crippen LogP contribution in [0.1, 0.15) is 64.4 Å². The molecule has 0 saturated heterocycles. The van der Waals surface area contributed by atoms with Gasteiger partial charge in [-0.15, -0.1) is 0 Å². The first kappa shape index (κ1) is 25.2. The molecule has 3 aliphatic carbocycles. The fourth-order valence-corrected chi connectivity index (χ4v) is 7.38. The van der Waals surface area contributed by atoms with Crippen molar-refractivity contribution in [1.82, 2.24) is 0 Å². The van der Waals surface area contributed by atoms with Crippen LogP contribution in [0.5, 0.6) is 0 Å². The van der Waals surface area contributed by atoms with Crippen molar-refractivity contribution in [2.45, 2.75) is 70.5 Å². The Morgan fingerprint density at radius 3 is 2.31 bits per heavy atom. The third kappa shape index (κ3) is 4.74. The van der Waals surface area contributed by atoms with Gasteiger partial charge in [-0.2, -0.15) is 0 Å². The van der Waals surface area contributed by atoms with Crippen LogP contribution in [0.2, 0.25) is 0 Å². The van der Waals surface area contributed by atoms with Gasteiger partial charge in [0.25, 0.3) is 5.97 Å². The second-order valence-corrected chi connectivity index (χ2v) is 10.5. The Balaban J connectivity index is 0.000000668. The van der Waals surface area contributed by atoms with Crippen molar-refractivity contribution in [3.05, 3.63) is 35.9 Å². The number of hydrogen-bond donors (Lipinski definition) is 5. The summed E-state index contributed by atoms with van der Waals surface area (Å²) in [6.07, 6.45) is 6.11. The highest BCUT2D eigenvalue weighted by molar-refractivity contribution is 5.62. The van der Waals surface area contributed by atoms with Crippen LogP contribution in [0, 0.1) is 35.0 Å². The minimum Gasteiger partial charge on any atom is -0.481 e. The molecule has 0 radical (unpaired) electrons. The van der Waals surface area contributed by atoms with Crippen LogP contribution < -0.4 is 5.73 Å². The van der Waals surface area contributed by atoms with Crippen molar-refractivity contribution in [3.8, 4) is 0 Å². The highest BCUT2D eigenvalue weighted by Crippen LogP contribution is 2.61. The molecule has 3 fully saturated rings. The van der Waals surface area contributed by atoms with Gasteiger partial charge in [0.05, 0.1) is 11.7 Å². The number of benzene rings is 1. The Bertz CT molecular complexity index is 754. The van der Waals surface area contributed by atoms with Crippen LogP contribution >= 0.6 is 0 Å². The molecule has 0 spiro atoms. The maximum absolute atomic E-state index is 11.7. The number of hydrogen-bond acceptors (Lipinski definition) is 5. The lowest BCUT2D eigenvalue weighted by Crippen LogP contribution is -2.52. The van der Waals surface area contributed by atoms with Crippen molar-refractivity contribution in [2.24, 2.45) is 40.7 Å². The topological polar surface area (TPSA) is 124 Å². The van der Waals surface area contributed by atoms with Crippen molar-refractivity contribution in [1.29, 1.82) is 0 Å². The summed E-state index contributed by atoms with van der Waals surface area (Å²) in [5.74, 6) is 0.857. The molecule has 6 heteroatoms. The molecule has 4 rings (SSSR count). The third-order valence-electron chi connectivity index (χ3n) is 8.96. The number of carboxylic acids is 1. The maximum atomic E-state index is 11.7. The zero-order chi connectivity index (χ0) is 23.5. The summed E-state index contributed by atoms with van der Waals surface area (Å²) < 4.78 is 0. The average Bonchev–Trinajstić information content (AvgIpc) is 3.13. The van der Waals surface area contributed by atoms with E-state index < -0.39 is 11.6 Å². The molecule has 0 aliphatic heterocycles. The molecule has 0 aromatic heterocycles. The summed E-state index contributed by atoms with van der Waals surface area (Å²) in [6, 6.07) is 10.2. The predicted molar refractivity (Wildman–Crippen MR) is 124 cm³/mol. The third-order valence-corrected chi connectivity index (χ3v) is 8.96. The van der Waals surface area contributed by atoms with Crippen molar-refractivity contribution >= 4 is 5.97 Å². The van der Waals surface area contributed by atoms with Crippen molar-refractivity contribution in [2.75, 3.05) is 13.2 Å². The smallest absolute Gasteiger partial charge is 0.300 e. The van der Waals surface area contributed by atoms with Gasteiger partial charge in [0, 0.05) is 13.5 Å². The summed E-state index contributed by atoms with van der Waals surface area (Å²) in [7, 11) is 0. The molecular formula is C26H41NO5. The van der Waals surface area contributed by atoms with Gasteiger partial charge in [0.1, 0.15) is 0 Å². The van der Waals surface area contributed by atoms with E-state index in [4.69, 9.17) is 15.6 Å². The predicted octanol–water partition coefficient (Wildman–Crippen LogP) is 3.14. The maximum Gasteiger partial charge on any atom is 0.300 e. The Morgan fingerprint density at radius 1 is 1.09 bits per heavy atom. The number of fused-ring (bicyclic) bond motifs is 1. The molecule has 1 aromatic carbocycles. The van der Waals surface area contributed by atoms with E-state index >= 15 is 0 Å². The first-order valence-electron chi connectivity index (χ1n) is 12.1. The molecule has 6 nitrogen and oxygen atoms in total. The lowest BCUT2D eigenvalue weighted by atomic mass is 9.51. The van der Waals surface area contributed by atoms with Gasteiger partial charge in [-0.05, 0) is 92.1 Å². The normalized spacial score (nSPS) is 41.3. The fraction of sp³-hybridized carbons (Fsp3) is 0.731. The first-order valence-corrected chi connectivity index (χ1v) is 12.1. The second kappa shape index (κ2) is 10.2. The summed E-state index contributed by atoms with van der Waals surface area (Å²) >= 11 is 0. The number of carbonyl (C=O) groups is 1. The molecule has 6 N–H and O–H groups in total. The summed E-state index contributed by atoms with van der Waals surface area (Å²) in [5, 5.41) is 39.3. The first-order chi connectivity index (χ1) is 15.2. The lowest BCUT2D eigenvalue weighted by Gasteiger charge is -2.55. The van der Waals surface area contributed by atoms with Gasteiger partial charge >= 0.3 is 0 Å². The Kier molecular flexibility index (Phi) is 8.02. The van der Waals surface area contributed by atoms with Crippen LogP contribution in [0.3, 0.4) is 0 Å². The molecule has 1 aromatic rings. The van der Waals surface area contributed by atoms with Gasteiger partial charge in [-0.25, -0.2) is 0 Å². The number of aliphatic carboxylic acids is 1. The number of aliphatic hydroxyl groups excluding tert-OH is 2. The van der Waals surface area contributed by atoms with Gasteiger partial charge in [0.15, 0.2) is 0 Å². The second-order valence-electron chi connectivity index (χ2n) is 10.5. The quantitative estimate of drug-likeness (QED) is 0.483. The zero-order valence-corrected chi connectivity index (χ0v) is 19.5.